The highest BCUT2D eigenvalue weighted by atomic mass is 19.1. The monoisotopic (exact) mass is 414 g/mol. The number of hydrogen-bond acceptors (Lipinski definition) is 3. The molecule has 0 bridgehead atoms. The molecule has 0 saturated carbocycles. The Morgan fingerprint density at radius 2 is 1.90 bits per heavy atom. The number of aryl methyl sites for hydroxylation is 1. The van der Waals surface area contributed by atoms with Gasteiger partial charge in [0.25, 0.3) is 5.91 Å². The van der Waals surface area contributed by atoms with E-state index in [-0.39, 0.29) is 17.5 Å². The third-order valence-electron chi connectivity index (χ3n) is 5.44. The van der Waals surface area contributed by atoms with Crippen LogP contribution in [0.1, 0.15) is 28.3 Å². The number of rotatable bonds is 4. The molecule has 2 N–H and O–H groups in total. The first-order valence-electron chi connectivity index (χ1n) is 9.68. The molecule has 2 atom stereocenters. The van der Waals surface area contributed by atoms with Crippen molar-refractivity contribution in [1.82, 2.24) is 20.4 Å². The summed E-state index contributed by atoms with van der Waals surface area (Å²) in [7, 11) is 1.71. The number of carbonyl (C=O) groups is 1. The van der Waals surface area contributed by atoms with Crippen LogP contribution in [0.25, 0.3) is 11.3 Å². The Morgan fingerprint density at radius 1 is 1.13 bits per heavy atom. The lowest BCUT2D eigenvalue weighted by molar-refractivity contribution is 0.0924. The zero-order valence-electron chi connectivity index (χ0n) is 16.3. The predicted molar refractivity (Wildman–Crippen MR) is 106 cm³/mol. The van der Waals surface area contributed by atoms with E-state index in [9.17, 15) is 18.0 Å². The predicted octanol–water partition coefficient (Wildman–Crippen LogP) is 3.38. The summed E-state index contributed by atoms with van der Waals surface area (Å²) in [6.45, 7) is 1.12. The first-order valence-corrected chi connectivity index (χ1v) is 9.68. The minimum absolute atomic E-state index is 0.174. The number of amides is 1. The van der Waals surface area contributed by atoms with Crippen molar-refractivity contribution >= 4 is 5.91 Å². The number of nitrogens with zero attached hydrogens (tertiary/aromatic N) is 2. The van der Waals surface area contributed by atoms with E-state index in [4.69, 9.17) is 0 Å². The quantitative estimate of drug-likeness (QED) is 0.688. The van der Waals surface area contributed by atoms with E-state index in [2.05, 4.69) is 15.7 Å². The minimum Gasteiger partial charge on any atom is -0.347 e. The van der Waals surface area contributed by atoms with Gasteiger partial charge in [0.15, 0.2) is 0 Å². The molecule has 156 valence electrons. The van der Waals surface area contributed by atoms with Crippen LogP contribution in [0.3, 0.4) is 0 Å². The van der Waals surface area contributed by atoms with Crippen molar-refractivity contribution in [1.29, 1.82) is 0 Å². The maximum Gasteiger partial charge on any atom is 0.251 e. The lowest BCUT2D eigenvalue weighted by atomic mass is 9.85. The van der Waals surface area contributed by atoms with E-state index >= 15 is 0 Å². The van der Waals surface area contributed by atoms with Gasteiger partial charge in [-0.3, -0.25) is 9.48 Å². The van der Waals surface area contributed by atoms with Gasteiger partial charge in [-0.05, 0) is 54.9 Å². The van der Waals surface area contributed by atoms with Crippen LogP contribution < -0.4 is 10.6 Å². The molecule has 30 heavy (non-hydrogen) atoms. The van der Waals surface area contributed by atoms with Crippen molar-refractivity contribution in [3.05, 3.63) is 77.2 Å². The summed E-state index contributed by atoms with van der Waals surface area (Å²) in [4.78, 5) is 12.8. The van der Waals surface area contributed by atoms with E-state index < -0.39 is 23.4 Å². The van der Waals surface area contributed by atoms with Gasteiger partial charge in [-0.2, -0.15) is 5.10 Å². The van der Waals surface area contributed by atoms with Gasteiger partial charge in [0.2, 0.25) is 0 Å². The molecule has 1 aliphatic rings. The standard InChI is InChI=1S/C22H21F3N4O/c1-29-21(5-7-27-29)18-3-2-13(10-19(18)25)22(30)28-20-12-26-6-4-17(20)14-8-15(23)11-16(24)9-14/h2-3,5,7-11,17,20,26H,4,6,12H2,1H3,(H,28,30)/t17-,20+/m0/s1. The van der Waals surface area contributed by atoms with Crippen molar-refractivity contribution < 1.29 is 18.0 Å². The van der Waals surface area contributed by atoms with E-state index in [1.165, 1.54) is 18.2 Å². The average molecular weight is 414 g/mol. The summed E-state index contributed by atoms with van der Waals surface area (Å²) in [5.41, 5.74) is 1.62. The second-order valence-electron chi connectivity index (χ2n) is 7.42. The fourth-order valence-electron chi connectivity index (χ4n) is 3.95. The molecule has 8 heteroatoms. The topological polar surface area (TPSA) is 59.0 Å². The molecular formula is C22H21F3N4O. The number of nitrogens with one attached hydrogen (secondary N) is 2. The largest absolute Gasteiger partial charge is 0.347 e. The van der Waals surface area contributed by atoms with E-state index in [1.54, 1.807) is 36.1 Å². The molecule has 3 aromatic rings. The summed E-state index contributed by atoms with van der Waals surface area (Å²) in [5, 5.41) is 10.1. The number of piperidine rings is 1. The molecule has 2 aromatic carbocycles. The van der Waals surface area contributed by atoms with Gasteiger partial charge in [-0.1, -0.05) is 0 Å². The van der Waals surface area contributed by atoms with Crippen molar-refractivity contribution in [2.24, 2.45) is 7.05 Å². The Bertz CT molecular complexity index is 1060. The molecule has 0 radical (unpaired) electrons. The highest BCUT2D eigenvalue weighted by molar-refractivity contribution is 5.95. The van der Waals surface area contributed by atoms with Gasteiger partial charge < -0.3 is 10.6 Å². The third-order valence-corrected chi connectivity index (χ3v) is 5.44. The van der Waals surface area contributed by atoms with Crippen LogP contribution in [0, 0.1) is 17.5 Å². The van der Waals surface area contributed by atoms with Gasteiger partial charge in [0.1, 0.15) is 17.5 Å². The van der Waals surface area contributed by atoms with E-state index in [0.29, 0.717) is 36.3 Å². The SMILES string of the molecule is Cn1nccc1-c1ccc(C(=O)N[C@@H]2CNCC[C@H]2c2cc(F)cc(F)c2)cc1F. The number of carbonyl (C=O) groups excluding carboxylic acids is 1. The summed E-state index contributed by atoms with van der Waals surface area (Å²) in [5.74, 6) is -2.53. The maximum absolute atomic E-state index is 14.6. The first-order chi connectivity index (χ1) is 14.4. The zero-order chi connectivity index (χ0) is 21.3. The van der Waals surface area contributed by atoms with Crippen LogP contribution >= 0.6 is 0 Å². The smallest absolute Gasteiger partial charge is 0.251 e. The van der Waals surface area contributed by atoms with Gasteiger partial charge in [-0.25, -0.2) is 13.2 Å². The molecule has 1 fully saturated rings. The third kappa shape index (κ3) is 4.09. The Balaban J connectivity index is 1.54. The van der Waals surface area contributed by atoms with Crippen molar-refractivity contribution in [2.45, 2.75) is 18.4 Å². The molecule has 5 nitrogen and oxygen atoms in total. The number of benzene rings is 2. The van der Waals surface area contributed by atoms with Gasteiger partial charge >= 0.3 is 0 Å². The molecule has 0 aliphatic carbocycles. The second-order valence-corrected chi connectivity index (χ2v) is 7.42. The Morgan fingerprint density at radius 3 is 2.57 bits per heavy atom. The molecule has 0 unspecified atom stereocenters. The second kappa shape index (κ2) is 8.31. The van der Waals surface area contributed by atoms with Crippen molar-refractivity contribution in [2.75, 3.05) is 13.1 Å². The highest BCUT2D eigenvalue weighted by Crippen LogP contribution is 2.28. The number of hydrogen-bond donors (Lipinski definition) is 2. The molecule has 1 aliphatic heterocycles. The summed E-state index contributed by atoms with van der Waals surface area (Å²) in [6, 6.07) is 8.99. The summed E-state index contributed by atoms with van der Waals surface area (Å²) >= 11 is 0. The van der Waals surface area contributed by atoms with Crippen LogP contribution in [-0.4, -0.2) is 34.8 Å². The number of aromatic nitrogens is 2. The molecule has 0 spiro atoms. The van der Waals surface area contributed by atoms with Crippen LogP contribution in [0.4, 0.5) is 13.2 Å². The molecular weight excluding hydrogens is 393 g/mol. The summed E-state index contributed by atoms with van der Waals surface area (Å²) < 4.78 is 43.5. The lowest BCUT2D eigenvalue weighted by Gasteiger charge is -2.33. The maximum atomic E-state index is 14.6. The van der Waals surface area contributed by atoms with Crippen LogP contribution in [-0.2, 0) is 7.05 Å². The highest BCUT2D eigenvalue weighted by Gasteiger charge is 2.29. The fraction of sp³-hybridized carbons (Fsp3) is 0.273. The van der Waals surface area contributed by atoms with Crippen molar-refractivity contribution in [3.63, 3.8) is 0 Å². The molecule has 1 saturated heterocycles. The zero-order valence-corrected chi connectivity index (χ0v) is 16.3. The molecule has 1 amide bonds. The van der Waals surface area contributed by atoms with Crippen LogP contribution in [0.2, 0.25) is 0 Å². The van der Waals surface area contributed by atoms with E-state index in [0.717, 1.165) is 6.07 Å². The van der Waals surface area contributed by atoms with Gasteiger partial charge in [0, 0.05) is 48.9 Å². The minimum atomic E-state index is -0.651. The number of halogens is 3. The molecule has 4 rings (SSSR count). The average Bonchev–Trinajstić information content (AvgIpc) is 3.13. The van der Waals surface area contributed by atoms with Gasteiger partial charge in [0.05, 0.1) is 5.69 Å². The van der Waals surface area contributed by atoms with Crippen LogP contribution in [0.15, 0.2) is 48.7 Å². The van der Waals surface area contributed by atoms with Crippen molar-refractivity contribution in [3.8, 4) is 11.3 Å². The fourth-order valence-corrected chi connectivity index (χ4v) is 3.95. The van der Waals surface area contributed by atoms with Gasteiger partial charge in [-0.15, -0.1) is 0 Å². The first kappa shape index (κ1) is 20.2. The van der Waals surface area contributed by atoms with Crippen LogP contribution in [0.5, 0.6) is 0 Å². The molecule has 2 heterocycles. The Kier molecular flexibility index (Phi) is 5.59. The lowest BCUT2D eigenvalue weighted by Crippen LogP contribution is -2.50. The Hall–Kier alpha value is -3.13. The molecule has 1 aromatic heterocycles. The van der Waals surface area contributed by atoms with E-state index in [1.807, 2.05) is 0 Å². The Labute approximate surface area is 171 Å². The summed E-state index contributed by atoms with van der Waals surface area (Å²) in [6.07, 6.45) is 2.18. The normalized spacial score (nSPS) is 18.9.